The van der Waals surface area contributed by atoms with Gasteiger partial charge in [-0.25, -0.2) is 0 Å². The summed E-state index contributed by atoms with van der Waals surface area (Å²) in [5.74, 6) is 0.777. The SMILES string of the molecule is COc1ccc2c(=O)n(C)cc(C)c2c1. The number of fused-ring (bicyclic) bond motifs is 1. The Morgan fingerprint density at radius 3 is 2.67 bits per heavy atom. The summed E-state index contributed by atoms with van der Waals surface area (Å²) in [4.78, 5) is 11.8. The second-order valence-electron chi connectivity index (χ2n) is 3.64. The summed E-state index contributed by atoms with van der Waals surface area (Å²) in [6.45, 7) is 1.99. The van der Waals surface area contributed by atoms with Gasteiger partial charge in [0.2, 0.25) is 0 Å². The third kappa shape index (κ3) is 1.50. The fourth-order valence-electron chi connectivity index (χ4n) is 1.77. The molecule has 0 aliphatic rings. The molecule has 0 spiro atoms. The normalized spacial score (nSPS) is 10.6. The fourth-order valence-corrected chi connectivity index (χ4v) is 1.77. The van der Waals surface area contributed by atoms with Crippen LogP contribution in [-0.2, 0) is 7.05 Å². The summed E-state index contributed by atoms with van der Waals surface area (Å²) in [6.07, 6.45) is 1.84. The number of aryl methyl sites for hydroxylation is 2. The molecule has 0 atom stereocenters. The van der Waals surface area contributed by atoms with Gasteiger partial charge in [-0.05, 0) is 36.1 Å². The Morgan fingerprint density at radius 1 is 1.27 bits per heavy atom. The third-order valence-corrected chi connectivity index (χ3v) is 2.59. The number of methoxy groups -OCH3 is 1. The van der Waals surface area contributed by atoms with Gasteiger partial charge in [0.15, 0.2) is 0 Å². The van der Waals surface area contributed by atoms with Crippen molar-refractivity contribution < 1.29 is 4.74 Å². The van der Waals surface area contributed by atoms with E-state index in [1.165, 1.54) is 0 Å². The molecule has 0 radical (unpaired) electrons. The molecule has 78 valence electrons. The number of hydrogen-bond donors (Lipinski definition) is 0. The average Bonchev–Trinajstić information content (AvgIpc) is 2.25. The first-order valence-electron chi connectivity index (χ1n) is 4.77. The topological polar surface area (TPSA) is 31.2 Å². The third-order valence-electron chi connectivity index (χ3n) is 2.59. The number of benzene rings is 1. The van der Waals surface area contributed by atoms with E-state index in [2.05, 4.69) is 0 Å². The Balaban J connectivity index is 2.90. The van der Waals surface area contributed by atoms with Crippen LogP contribution < -0.4 is 10.3 Å². The summed E-state index contributed by atoms with van der Waals surface area (Å²) >= 11 is 0. The van der Waals surface area contributed by atoms with Crippen LogP contribution in [0.3, 0.4) is 0 Å². The van der Waals surface area contributed by atoms with Crippen LogP contribution in [0.4, 0.5) is 0 Å². The molecule has 0 N–H and O–H groups in total. The largest absolute Gasteiger partial charge is 0.497 e. The molecule has 1 heterocycles. The Hall–Kier alpha value is -1.77. The lowest BCUT2D eigenvalue weighted by Crippen LogP contribution is -2.16. The fraction of sp³-hybridized carbons (Fsp3) is 0.250. The van der Waals surface area contributed by atoms with E-state index in [0.29, 0.717) is 0 Å². The number of nitrogens with zero attached hydrogens (tertiary/aromatic N) is 1. The maximum Gasteiger partial charge on any atom is 0.258 e. The van der Waals surface area contributed by atoms with E-state index in [0.717, 1.165) is 22.1 Å². The van der Waals surface area contributed by atoms with Crippen LogP contribution in [0.5, 0.6) is 5.75 Å². The molecule has 1 aromatic carbocycles. The van der Waals surface area contributed by atoms with Crippen LogP contribution in [0.15, 0.2) is 29.2 Å². The number of aromatic nitrogens is 1. The zero-order valence-corrected chi connectivity index (χ0v) is 9.07. The zero-order valence-electron chi connectivity index (χ0n) is 9.07. The molecule has 3 nitrogen and oxygen atoms in total. The molecule has 0 aliphatic heterocycles. The van der Waals surface area contributed by atoms with Gasteiger partial charge in [-0.15, -0.1) is 0 Å². The van der Waals surface area contributed by atoms with E-state index in [1.807, 2.05) is 31.3 Å². The first-order chi connectivity index (χ1) is 7.13. The van der Waals surface area contributed by atoms with Gasteiger partial charge in [0, 0.05) is 18.6 Å². The Bertz CT molecular complexity index is 570. The molecule has 0 aliphatic carbocycles. The predicted molar refractivity (Wildman–Crippen MR) is 60.5 cm³/mol. The standard InChI is InChI=1S/C12H13NO2/c1-8-7-13(2)12(14)10-5-4-9(15-3)6-11(8)10/h4-7H,1-3H3. The highest BCUT2D eigenvalue weighted by Crippen LogP contribution is 2.20. The number of rotatable bonds is 1. The van der Waals surface area contributed by atoms with Gasteiger partial charge in [0.25, 0.3) is 5.56 Å². The minimum absolute atomic E-state index is 0.0262. The van der Waals surface area contributed by atoms with E-state index < -0.39 is 0 Å². The molecule has 2 aromatic rings. The molecule has 0 bridgehead atoms. The molecular formula is C12H13NO2. The van der Waals surface area contributed by atoms with Gasteiger partial charge in [-0.1, -0.05) is 0 Å². The molecule has 15 heavy (non-hydrogen) atoms. The van der Waals surface area contributed by atoms with Crippen molar-refractivity contribution in [1.29, 1.82) is 0 Å². The summed E-state index contributed by atoms with van der Waals surface area (Å²) in [5.41, 5.74) is 1.10. The molecular weight excluding hydrogens is 190 g/mol. The van der Waals surface area contributed by atoms with Gasteiger partial charge in [-0.2, -0.15) is 0 Å². The number of ether oxygens (including phenoxy) is 1. The maximum absolute atomic E-state index is 11.8. The van der Waals surface area contributed by atoms with Crippen LogP contribution in [0.2, 0.25) is 0 Å². The van der Waals surface area contributed by atoms with Crippen LogP contribution in [0.1, 0.15) is 5.56 Å². The maximum atomic E-state index is 11.8. The summed E-state index contributed by atoms with van der Waals surface area (Å²) < 4.78 is 6.74. The highest BCUT2D eigenvalue weighted by molar-refractivity contribution is 5.85. The van der Waals surface area contributed by atoms with E-state index in [9.17, 15) is 4.79 Å². The van der Waals surface area contributed by atoms with Crippen molar-refractivity contribution in [2.75, 3.05) is 7.11 Å². The van der Waals surface area contributed by atoms with Gasteiger partial charge in [0.1, 0.15) is 5.75 Å². The molecule has 2 rings (SSSR count). The molecule has 0 saturated heterocycles. The summed E-state index contributed by atoms with van der Waals surface area (Å²) in [6, 6.07) is 5.51. The lowest BCUT2D eigenvalue weighted by Gasteiger charge is -2.07. The van der Waals surface area contributed by atoms with Gasteiger partial charge in [0.05, 0.1) is 7.11 Å². The minimum Gasteiger partial charge on any atom is -0.497 e. The molecule has 0 fully saturated rings. The van der Waals surface area contributed by atoms with Crippen LogP contribution >= 0.6 is 0 Å². The monoisotopic (exact) mass is 203 g/mol. The highest BCUT2D eigenvalue weighted by Gasteiger charge is 2.04. The second-order valence-corrected chi connectivity index (χ2v) is 3.64. The minimum atomic E-state index is 0.0262. The van der Waals surface area contributed by atoms with Crippen LogP contribution in [0, 0.1) is 6.92 Å². The molecule has 3 heteroatoms. The van der Waals surface area contributed by atoms with Crippen molar-refractivity contribution in [1.82, 2.24) is 4.57 Å². The number of hydrogen-bond acceptors (Lipinski definition) is 2. The Kier molecular flexibility index (Phi) is 2.23. The van der Waals surface area contributed by atoms with Gasteiger partial charge >= 0.3 is 0 Å². The Labute approximate surface area is 87.9 Å². The smallest absolute Gasteiger partial charge is 0.258 e. The van der Waals surface area contributed by atoms with Crippen molar-refractivity contribution in [2.45, 2.75) is 6.92 Å². The van der Waals surface area contributed by atoms with Crippen molar-refractivity contribution in [2.24, 2.45) is 7.05 Å². The zero-order chi connectivity index (χ0) is 11.0. The van der Waals surface area contributed by atoms with Crippen molar-refractivity contribution in [3.05, 3.63) is 40.3 Å². The second kappa shape index (κ2) is 3.42. The molecule has 0 amide bonds. The molecule has 1 aromatic heterocycles. The van der Waals surface area contributed by atoms with E-state index in [1.54, 1.807) is 18.7 Å². The van der Waals surface area contributed by atoms with E-state index >= 15 is 0 Å². The number of pyridine rings is 1. The average molecular weight is 203 g/mol. The van der Waals surface area contributed by atoms with Crippen LogP contribution in [0.25, 0.3) is 10.8 Å². The predicted octanol–water partition coefficient (Wildman–Crippen LogP) is 1.86. The molecule has 0 unspecified atom stereocenters. The van der Waals surface area contributed by atoms with Crippen LogP contribution in [-0.4, -0.2) is 11.7 Å². The van der Waals surface area contributed by atoms with Gasteiger partial charge < -0.3 is 9.30 Å². The summed E-state index contributed by atoms with van der Waals surface area (Å²) in [5, 5.41) is 1.69. The first-order valence-corrected chi connectivity index (χ1v) is 4.77. The lowest BCUT2D eigenvalue weighted by molar-refractivity contribution is 0.415. The summed E-state index contributed by atoms with van der Waals surface area (Å²) in [7, 11) is 3.39. The molecule has 0 saturated carbocycles. The quantitative estimate of drug-likeness (QED) is 0.708. The highest BCUT2D eigenvalue weighted by atomic mass is 16.5. The first kappa shape index (κ1) is 9.77. The lowest BCUT2D eigenvalue weighted by atomic mass is 10.1. The van der Waals surface area contributed by atoms with Crippen molar-refractivity contribution in [3.8, 4) is 5.75 Å². The van der Waals surface area contributed by atoms with Crippen molar-refractivity contribution in [3.63, 3.8) is 0 Å². The van der Waals surface area contributed by atoms with E-state index in [-0.39, 0.29) is 5.56 Å². The van der Waals surface area contributed by atoms with Crippen molar-refractivity contribution >= 4 is 10.8 Å². The van der Waals surface area contributed by atoms with Gasteiger partial charge in [-0.3, -0.25) is 4.79 Å². The van der Waals surface area contributed by atoms with E-state index in [4.69, 9.17) is 4.74 Å². The Morgan fingerprint density at radius 2 is 2.00 bits per heavy atom.